The summed E-state index contributed by atoms with van der Waals surface area (Å²) < 4.78 is 10.9. The van der Waals surface area contributed by atoms with Crippen molar-refractivity contribution in [2.75, 3.05) is 31.1 Å². The highest BCUT2D eigenvalue weighted by molar-refractivity contribution is 5.89. The van der Waals surface area contributed by atoms with Crippen LogP contribution in [0.3, 0.4) is 0 Å². The Balaban J connectivity index is 1.26. The lowest BCUT2D eigenvalue weighted by atomic mass is 9.91. The fourth-order valence-corrected chi connectivity index (χ4v) is 4.24. The molecule has 2 fully saturated rings. The number of anilines is 1. The van der Waals surface area contributed by atoms with E-state index >= 15 is 0 Å². The van der Waals surface area contributed by atoms with Gasteiger partial charge in [0.25, 0.3) is 0 Å². The molecule has 1 saturated carbocycles. The molecule has 1 amide bonds. The second-order valence-electron chi connectivity index (χ2n) is 7.77. The van der Waals surface area contributed by atoms with Crippen LogP contribution in [0.5, 0.6) is 11.6 Å². The number of carbonyl (C=O) groups is 1. The van der Waals surface area contributed by atoms with Gasteiger partial charge in [0.15, 0.2) is 0 Å². The molecule has 1 aromatic heterocycles. The minimum atomic E-state index is -0.322. The van der Waals surface area contributed by atoms with Crippen molar-refractivity contribution in [2.45, 2.75) is 38.1 Å². The Kier molecular flexibility index (Phi) is 4.64. The van der Waals surface area contributed by atoms with Crippen molar-refractivity contribution in [3.63, 3.8) is 0 Å². The molecule has 0 radical (unpaired) electrons. The number of hydrogen-bond donors (Lipinski definition) is 0. The van der Waals surface area contributed by atoms with E-state index < -0.39 is 0 Å². The van der Waals surface area contributed by atoms with E-state index in [0.717, 1.165) is 36.9 Å². The summed E-state index contributed by atoms with van der Waals surface area (Å²) in [7, 11) is 0. The number of hydrogen-bond acceptors (Lipinski definition) is 5. The Hall–Kier alpha value is -2.60. The van der Waals surface area contributed by atoms with Crippen LogP contribution >= 0.6 is 0 Å². The predicted octanol–water partition coefficient (Wildman–Crippen LogP) is 3.78. The molecule has 6 heteroatoms. The lowest BCUT2D eigenvalue weighted by molar-refractivity contribution is 0.133. The summed E-state index contributed by atoms with van der Waals surface area (Å²) in [6.07, 6.45) is 7.64. The van der Waals surface area contributed by atoms with Gasteiger partial charge in [0.1, 0.15) is 12.4 Å². The SMILES string of the molecule is O=C1OCCN1c1ccc(Oc2ccc3c(c2)CCN(C2CCC2)CC3)nc1. The van der Waals surface area contributed by atoms with Gasteiger partial charge in [-0.15, -0.1) is 0 Å². The first-order chi connectivity index (χ1) is 13.8. The van der Waals surface area contributed by atoms with Crippen LogP contribution in [-0.4, -0.2) is 48.3 Å². The minimum Gasteiger partial charge on any atom is -0.447 e. The number of benzene rings is 1. The summed E-state index contributed by atoms with van der Waals surface area (Å²) in [6.45, 7) is 3.29. The van der Waals surface area contributed by atoms with Crippen LogP contribution in [0.25, 0.3) is 0 Å². The fourth-order valence-electron chi connectivity index (χ4n) is 4.24. The topological polar surface area (TPSA) is 54.9 Å². The molecule has 28 heavy (non-hydrogen) atoms. The van der Waals surface area contributed by atoms with E-state index in [0.29, 0.717) is 19.0 Å². The zero-order valence-corrected chi connectivity index (χ0v) is 16.0. The molecule has 3 aliphatic rings. The van der Waals surface area contributed by atoms with Crippen molar-refractivity contribution in [2.24, 2.45) is 0 Å². The number of aromatic nitrogens is 1. The monoisotopic (exact) mass is 379 g/mol. The number of ether oxygens (including phenoxy) is 2. The summed E-state index contributed by atoms with van der Waals surface area (Å²) in [5.74, 6) is 1.35. The third-order valence-corrected chi connectivity index (χ3v) is 6.12. The first-order valence-electron chi connectivity index (χ1n) is 10.2. The Labute approximate surface area is 165 Å². The minimum absolute atomic E-state index is 0.322. The van der Waals surface area contributed by atoms with Gasteiger partial charge in [0.05, 0.1) is 18.4 Å². The van der Waals surface area contributed by atoms with Crippen LogP contribution in [0.4, 0.5) is 10.5 Å². The molecule has 0 atom stereocenters. The fraction of sp³-hybridized carbons (Fsp3) is 0.455. The number of amides is 1. The molecule has 2 aromatic rings. The molecule has 6 nitrogen and oxygen atoms in total. The van der Waals surface area contributed by atoms with E-state index in [-0.39, 0.29) is 6.09 Å². The summed E-state index contributed by atoms with van der Waals surface area (Å²) in [5, 5.41) is 0. The second kappa shape index (κ2) is 7.43. The van der Waals surface area contributed by atoms with E-state index in [1.165, 1.54) is 36.9 Å². The van der Waals surface area contributed by atoms with E-state index in [4.69, 9.17) is 9.47 Å². The van der Waals surface area contributed by atoms with Crippen molar-refractivity contribution in [3.05, 3.63) is 47.7 Å². The third-order valence-electron chi connectivity index (χ3n) is 6.12. The average Bonchev–Trinajstić information content (AvgIpc) is 2.99. The number of carbonyl (C=O) groups excluding carboxylic acids is 1. The van der Waals surface area contributed by atoms with Crippen LogP contribution < -0.4 is 9.64 Å². The molecule has 1 aromatic carbocycles. The third kappa shape index (κ3) is 3.44. The number of fused-ring (bicyclic) bond motifs is 1. The maximum Gasteiger partial charge on any atom is 0.414 e. The number of rotatable bonds is 4. The van der Waals surface area contributed by atoms with E-state index in [2.05, 4.69) is 22.0 Å². The molecule has 2 aliphatic heterocycles. The summed E-state index contributed by atoms with van der Waals surface area (Å²) in [6, 6.07) is 10.8. The van der Waals surface area contributed by atoms with Crippen LogP contribution in [0.2, 0.25) is 0 Å². The van der Waals surface area contributed by atoms with E-state index in [1.807, 2.05) is 12.1 Å². The Morgan fingerprint density at radius 2 is 1.89 bits per heavy atom. The molecule has 1 aliphatic carbocycles. The summed E-state index contributed by atoms with van der Waals surface area (Å²) >= 11 is 0. The van der Waals surface area contributed by atoms with Crippen molar-refractivity contribution in [1.82, 2.24) is 9.88 Å². The average molecular weight is 379 g/mol. The maximum absolute atomic E-state index is 11.6. The molecule has 0 unspecified atom stereocenters. The van der Waals surface area contributed by atoms with Crippen molar-refractivity contribution >= 4 is 11.8 Å². The van der Waals surface area contributed by atoms with Gasteiger partial charge >= 0.3 is 6.09 Å². The van der Waals surface area contributed by atoms with Crippen molar-refractivity contribution in [3.8, 4) is 11.6 Å². The molecule has 0 bridgehead atoms. The predicted molar refractivity (Wildman–Crippen MR) is 106 cm³/mol. The quantitative estimate of drug-likeness (QED) is 0.809. The van der Waals surface area contributed by atoms with Gasteiger partial charge in [-0.05, 0) is 55.0 Å². The van der Waals surface area contributed by atoms with Crippen LogP contribution in [0, 0.1) is 0 Å². The normalized spacial score (nSPS) is 20.3. The number of pyridine rings is 1. The molecule has 0 spiro atoms. The van der Waals surface area contributed by atoms with Gasteiger partial charge in [-0.1, -0.05) is 12.5 Å². The lowest BCUT2D eigenvalue weighted by Crippen LogP contribution is -2.41. The highest BCUT2D eigenvalue weighted by atomic mass is 16.6. The van der Waals surface area contributed by atoms with Gasteiger partial charge in [0, 0.05) is 25.2 Å². The van der Waals surface area contributed by atoms with E-state index in [9.17, 15) is 4.79 Å². The molecular formula is C22H25N3O3. The van der Waals surface area contributed by atoms with E-state index in [1.54, 1.807) is 17.2 Å². The Morgan fingerprint density at radius 3 is 2.57 bits per heavy atom. The standard InChI is InChI=1S/C22H25N3O3/c26-22-25(12-13-27-22)19-5-7-21(23-15-19)28-20-6-4-16-8-10-24(18-2-1-3-18)11-9-17(16)14-20/h4-7,14-15,18H,1-3,8-13H2. The van der Waals surface area contributed by atoms with Crippen molar-refractivity contribution in [1.29, 1.82) is 0 Å². The molecule has 5 rings (SSSR count). The molecule has 146 valence electrons. The van der Waals surface area contributed by atoms with Gasteiger partial charge in [-0.2, -0.15) is 0 Å². The van der Waals surface area contributed by atoms with Crippen LogP contribution in [0.1, 0.15) is 30.4 Å². The zero-order valence-electron chi connectivity index (χ0n) is 16.0. The maximum atomic E-state index is 11.6. The lowest BCUT2D eigenvalue weighted by Gasteiger charge is -2.36. The highest BCUT2D eigenvalue weighted by Gasteiger charge is 2.26. The largest absolute Gasteiger partial charge is 0.447 e. The molecule has 3 heterocycles. The second-order valence-corrected chi connectivity index (χ2v) is 7.77. The smallest absolute Gasteiger partial charge is 0.414 e. The first-order valence-corrected chi connectivity index (χ1v) is 10.2. The summed E-state index contributed by atoms with van der Waals surface area (Å²) in [4.78, 5) is 20.2. The zero-order chi connectivity index (χ0) is 18.9. The van der Waals surface area contributed by atoms with Crippen LogP contribution in [0.15, 0.2) is 36.5 Å². The van der Waals surface area contributed by atoms with Crippen LogP contribution in [-0.2, 0) is 17.6 Å². The molecule has 1 saturated heterocycles. The Bertz CT molecular complexity index is 864. The van der Waals surface area contributed by atoms with Gasteiger partial charge in [0.2, 0.25) is 5.88 Å². The molecular weight excluding hydrogens is 354 g/mol. The van der Waals surface area contributed by atoms with Gasteiger partial charge in [-0.25, -0.2) is 9.78 Å². The van der Waals surface area contributed by atoms with Crippen molar-refractivity contribution < 1.29 is 14.3 Å². The summed E-state index contributed by atoms with van der Waals surface area (Å²) in [5.41, 5.74) is 3.55. The Morgan fingerprint density at radius 1 is 1.04 bits per heavy atom. The highest BCUT2D eigenvalue weighted by Crippen LogP contribution is 2.30. The van der Waals surface area contributed by atoms with Gasteiger partial charge in [-0.3, -0.25) is 9.80 Å². The first kappa shape index (κ1) is 17.5. The van der Waals surface area contributed by atoms with Gasteiger partial charge < -0.3 is 9.47 Å². The molecule has 0 N–H and O–H groups in total. The number of nitrogens with zero attached hydrogens (tertiary/aromatic N) is 3. The number of cyclic esters (lactones) is 1.